The Bertz CT molecular complexity index is 401. The van der Waals surface area contributed by atoms with Gasteiger partial charge in [-0.05, 0) is 24.7 Å². The van der Waals surface area contributed by atoms with Crippen LogP contribution in [0, 0.1) is 0 Å². The van der Waals surface area contributed by atoms with E-state index >= 15 is 0 Å². The number of benzene rings is 1. The number of carbonyl (C=O) groups is 1. The lowest BCUT2D eigenvalue weighted by atomic mass is 10.1. The van der Waals surface area contributed by atoms with Crippen LogP contribution in [0.1, 0.15) is 11.1 Å². The molecule has 0 fully saturated rings. The molecule has 0 aromatic heterocycles. The minimum Gasteiger partial charge on any atom is -0.358 e. The molecule has 0 unspecified atom stereocenters. The van der Waals surface area contributed by atoms with Crippen molar-refractivity contribution in [3.05, 3.63) is 35.4 Å². The quantitative estimate of drug-likeness (QED) is 0.896. The van der Waals surface area contributed by atoms with Gasteiger partial charge in [0, 0.05) is 13.6 Å². The van der Waals surface area contributed by atoms with Gasteiger partial charge in [0.15, 0.2) is 0 Å². The minimum absolute atomic E-state index is 0.135. The summed E-state index contributed by atoms with van der Waals surface area (Å²) in [4.78, 5) is 12.8. The molecule has 6 heteroatoms. The third-order valence-corrected chi connectivity index (χ3v) is 2.43. The average Bonchev–Trinajstić information content (AvgIpc) is 2.28. The molecule has 0 radical (unpaired) electrons. The lowest BCUT2D eigenvalue weighted by molar-refractivity contribution is -0.137. The minimum atomic E-state index is -4.31. The number of nitrogens with zero attached hydrogens (tertiary/aromatic N) is 1. The summed E-state index contributed by atoms with van der Waals surface area (Å²) < 4.78 is 37.0. The van der Waals surface area contributed by atoms with Crippen molar-refractivity contribution in [2.24, 2.45) is 0 Å². The predicted molar refractivity (Wildman–Crippen MR) is 61.8 cm³/mol. The summed E-state index contributed by atoms with van der Waals surface area (Å²) in [6.07, 6.45) is -4.31. The van der Waals surface area contributed by atoms with E-state index in [1.807, 2.05) is 0 Å². The van der Waals surface area contributed by atoms with Gasteiger partial charge in [0.25, 0.3) is 0 Å². The number of carbonyl (C=O) groups excluding carboxylic acids is 1. The molecule has 100 valence electrons. The molecule has 0 aliphatic heterocycles. The molecule has 1 aromatic carbocycles. The molecule has 1 N–H and O–H groups in total. The Labute approximate surface area is 104 Å². The summed E-state index contributed by atoms with van der Waals surface area (Å²) in [5.41, 5.74) is 0.0645. The molecule has 0 spiro atoms. The summed E-state index contributed by atoms with van der Waals surface area (Å²) in [6.45, 7) is 0.628. The number of rotatable bonds is 4. The van der Waals surface area contributed by atoms with E-state index in [0.29, 0.717) is 6.54 Å². The van der Waals surface area contributed by atoms with Crippen molar-refractivity contribution >= 4 is 5.91 Å². The predicted octanol–water partition coefficient (Wildman–Crippen LogP) is 1.88. The van der Waals surface area contributed by atoms with Crippen LogP contribution in [0.2, 0.25) is 0 Å². The Morgan fingerprint density at radius 2 is 1.83 bits per heavy atom. The van der Waals surface area contributed by atoms with Crippen molar-refractivity contribution in [3.63, 3.8) is 0 Å². The van der Waals surface area contributed by atoms with Crippen molar-refractivity contribution in [2.45, 2.75) is 12.7 Å². The normalized spacial score (nSPS) is 11.7. The maximum Gasteiger partial charge on any atom is 0.416 e. The first-order valence-electron chi connectivity index (χ1n) is 5.38. The van der Waals surface area contributed by atoms with Gasteiger partial charge < -0.3 is 5.32 Å². The fraction of sp³-hybridized carbons (Fsp3) is 0.417. The number of hydrogen-bond donors (Lipinski definition) is 1. The van der Waals surface area contributed by atoms with E-state index < -0.39 is 11.7 Å². The molecule has 0 aliphatic carbocycles. The zero-order valence-electron chi connectivity index (χ0n) is 10.2. The van der Waals surface area contributed by atoms with Crippen molar-refractivity contribution in [2.75, 3.05) is 20.6 Å². The van der Waals surface area contributed by atoms with E-state index in [4.69, 9.17) is 0 Å². The van der Waals surface area contributed by atoms with Gasteiger partial charge in [0.2, 0.25) is 5.91 Å². The molecule has 0 bridgehead atoms. The van der Waals surface area contributed by atoms with Crippen LogP contribution in [0.5, 0.6) is 0 Å². The van der Waals surface area contributed by atoms with Gasteiger partial charge >= 0.3 is 6.18 Å². The standard InChI is InChI=1S/C12H15F3N2O/c1-16-11(18)8-17(2)7-9-3-5-10(6-4-9)12(13,14)15/h3-6H,7-8H2,1-2H3,(H,16,18). The summed E-state index contributed by atoms with van der Waals surface area (Å²) in [5.74, 6) is -0.135. The maximum atomic E-state index is 12.3. The van der Waals surface area contributed by atoms with Gasteiger partial charge in [-0.3, -0.25) is 9.69 Å². The van der Waals surface area contributed by atoms with Crippen LogP contribution in [0.3, 0.4) is 0 Å². The van der Waals surface area contributed by atoms with E-state index in [-0.39, 0.29) is 12.5 Å². The second-order valence-electron chi connectivity index (χ2n) is 4.04. The molecule has 1 amide bonds. The Morgan fingerprint density at radius 3 is 2.28 bits per heavy atom. The van der Waals surface area contributed by atoms with Crippen molar-refractivity contribution < 1.29 is 18.0 Å². The monoisotopic (exact) mass is 260 g/mol. The fourth-order valence-corrected chi connectivity index (χ4v) is 1.49. The van der Waals surface area contributed by atoms with Gasteiger partial charge in [-0.2, -0.15) is 13.2 Å². The van der Waals surface area contributed by atoms with Gasteiger partial charge in [0.1, 0.15) is 0 Å². The second-order valence-corrected chi connectivity index (χ2v) is 4.04. The summed E-state index contributed by atoms with van der Waals surface area (Å²) in [6, 6.07) is 4.93. The Hall–Kier alpha value is -1.56. The first kappa shape index (κ1) is 14.5. The van der Waals surface area contributed by atoms with Crippen molar-refractivity contribution in [1.82, 2.24) is 10.2 Å². The Balaban J connectivity index is 2.61. The van der Waals surface area contributed by atoms with Gasteiger partial charge in [0.05, 0.1) is 12.1 Å². The van der Waals surface area contributed by atoms with E-state index in [2.05, 4.69) is 5.32 Å². The van der Waals surface area contributed by atoms with Crippen LogP contribution in [0.4, 0.5) is 13.2 Å². The number of nitrogens with one attached hydrogen (secondary N) is 1. The zero-order valence-corrected chi connectivity index (χ0v) is 10.2. The highest BCUT2D eigenvalue weighted by Gasteiger charge is 2.29. The smallest absolute Gasteiger partial charge is 0.358 e. The molecular formula is C12H15F3N2O. The summed E-state index contributed by atoms with van der Waals surface area (Å²) in [7, 11) is 3.27. The number of hydrogen-bond acceptors (Lipinski definition) is 2. The Morgan fingerprint density at radius 1 is 1.28 bits per heavy atom. The molecule has 0 saturated heterocycles. The van der Waals surface area contributed by atoms with Crippen molar-refractivity contribution in [1.29, 1.82) is 0 Å². The molecule has 18 heavy (non-hydrogen) atoms. The highest BCUT2D eigenvalue weighted by molar-refractivity contribution is 5.77. The number of likely N-dealkylation sites (N-methyl/N-ethyl adjacent to an activating group) is 2. The van der Waals surface area contributed by atoms with Gasteiger partial charge in [-0.25, -0.2) is 0 Å². The first-order valence-corrected chi connectivity index (χ1v) is 5.38. The third kappa shape index (κ3) is 4.37. The van der Waals surface area contributed by atoms with Gasteiger partial charge in [-0.1, -0.05) is 12.1 Å². The largest absolute Gasteiger partial charge is 0.416 e. The Kier molecular flexibility index (Phi) is 4.72. The molecule has 0 heterocycles. The van der Waals surface area contributed by atoms with E-state index in [9.17, 15) is 18.0 Å². The second kappa shape index (κ2) is 5.86. The number of alkyl halides is 3. The van der Waals surface area contributed by atoms with E-state index in [1.54, 1.807) is 11.9 Å². The number of halogens is 3. The van der Waals surface area contributed by atoms with Gasteiger partial charge in [-0.15, -0.1) is 0 Å². The molecule has 3 nitrogen and oxygen atoms in total. The first-order chi connectivity index (χ1) is 8.32. The fourth-order valence-electron chi connectivity index (χ4n) is 1.49. The lowest BCUT2D eigenvalue weighted by Crippen LogP contribution is -2.32. The molecule has 0 saturated carbocycles. The van der Waals surface area contributed by atoms with Crippen LogP contribution >= 0.6 is 0 Å². The average molecular weight is 260 g/mol. The van der Waals surface area contributed by atoms with Crippen LogP contribution in [0.25, 0.3) is 0 Å². The van der Waals surface area contributed by atoms with E-state index in [1.165, 1.54) is 19.2 Å². The zero-order chi connectivity index (χ0) is 13.8. The maximum absolute atomic E-state index is 12.3. The van der Waals surface area contributed by atoms with Crippen LogP contribution in [-0.4, -0.2) is 31.4 Å². The molecule has 1 rings (SSSR count). The van der Waals surface area contributed by atoms with Crippen molar-refractivity contribution in [3.8, 4) is 0 Å². The number of amides is 1. The molecule has 0 aliphatic rings. The highest BCUT2D eigenvalue weighted by Crippen LogP contribution is 2.29. The van der Waals surface area contributed by atoms with E-state index in [0.717, 1.165) is 17.7 Å². The summed E-state index contributed by atoms with van der Waals surface area (Å²) in [5, 5.41) is 2.48. The molecule has 1 aromatic rings. The highest BCUT2D eigenvalue weighted by atomic mass is 19.4. The van der Waals surface area contributed by atoms with Crippen LogP contribution < -0.4 is 5.32 Å². The SMILES string of the molecule is CNC(=O)CN(C)Cc1ccc(C(F)(F)F)cc1. The molecular weight excluding hydrogens is 245 g/mol. The van der Waals surface area contributed by atoms with Crippen LogP contribution in [0.15, 0.2) is 24.3 Å². The lowest BCUT2D eigenvalue weighted by Gasteiger charge is -2.16. The summed E-state index contributed by atoms with van der Waals surface area (Å²) >= 11 is 0. The third-order valence-electron chi connectivity index (χ3n) is 2.43. The van der Waals surface area contributed by atoms with Crippen LogP contribution in [-0.2, 0) is 17.5 Å². The topological polar surface area (TPSA) is 32.3 Å². The molecule has 0 atom stereocenters.